The molecular formula is C23H31NO2. The van der Waals surface area contributed by atoms with Gasteiger partial charge in [-0.1, -0.05) is 26.3 Å². The van der Waals surface area contributed by atoms with Gasteiger partial charge in [0.2, 0.25) is 0 Å². The van der Waals surface area contributed by atoms with Crippen molar-refractivity contribution >= 4 is 5.78 Å². The van der Waals surface area contributed by atoms with Crippen LogP contribution in [0.4, 0.5) is 0 Å². The minimum absolute atomic E-state index is 0.0404. The number of rotatable bonds is 3. The van der Waals surface area contributed by atoms with Gasteiger partial charge in [-0.05, 0) is 73.2 Å². The molecule has 140 valence electrons. The lowest BCUT2D eigenvalue weighted by molar-refractivity contribution is -0.139. The predicted octanol–water partition coefficient (Wildman–Crippen LogP) is 3.92. The van der Waals surface area contributed by atoms with Gasteiger partial charge < -0.3 is 5.11 Å². The number of phenolic OH excluding ortho intramolecular Hbond substituents is 1. The van der Waals surface area contributed by atoms with E-state index in [1.165, 1.54) is 30.5 Å². The first-order valence-electron chi connectivity index (χ1n) is 10.6. The summed E-state index contributed by atoms with van der Waals surface area (Å²) in [4.78, 5) is 15.8. The quantitative estimate of drug-likeness (QED) is 0.895. The van der Waals surface area contributed by atoms with Gasteiger partial charge in [-0.25, -0.2) is 0 Å². The second kappa shape index (κ2) is 5.82. The Morgan fingerprint density at radius 3 is 2.85 bits per heavy atom. The van der Waals surface area contributed by atoms with E-state index in [1.54, 1.807) is 0 Å². The molecule has 1 N–H and O–H groups in total. The van der Waals surface area contributed by atoms with Crippen molar-refractivity contribution in [3.63, 3.8) is 0 Å². The van der Waals surface area contributed by atoms with Gasteiger partial charge in [0.05, 0.1) is 0 Å². The van der Waals surface area contributed by atoms with Crippen LogP contribution in [0, 0.1) is 23.7 Å². The number of ketones is 1. The standard InChI is InChI=1S/C23H31NO2/c1-3-18-14(2)21(26)12-23-8-9-24(13-15-4-5-15)20(22(18)23)10-16-6-7-17(25)11-19(16)23/h6-7,11,14-15,18,20,22,25H,3-5,8-10,12-13H2,1-2H3/t14-,18-,20?,22-,23?/m1/s1. The highest BCUT2D eigenvalue weighted by Gasteiger charge is 2.60. The average Bonchev–Trinajstić information content (AvgIpc) is 3.43. The molecule has 0 amide bonds. The molecule has 2 bridgehead atoms. The molecule has 3 aliphatic carbocycles. The van der Waals surface area contributed by atoms with Crippen LogP contribution in [0.2, 0.25) is 0 Å². The number of likely N-dealkylation sites (tertiary alicyclic amines) is 1. The van der Waals surface area contributed by atoms with Crippen LogP contribution in [0.5, 0.6) is 5.75 Å². The van der Waals surface area contributed by atoms with Gasteiger partial charge in [0, 0.05) is 30.3 Å². The first kappa shape index (κ1) is 16.8. The zero-order valence-electron chi connectivity index (χ0n) is 16.1. The highest BCUT2D eigenvalue weighted by atomic mass is 16.3. The summed E-state index contributed by atoms with van der Waals surface area (Å²) in [7, 11) is 0. The molecule has 5 rings (SSSR count). The van der Waals surface area contributed by atoms with Crippen LogP contribution in [-0.2, 0) is 16.6 Å². The topological polar surface area (TPSA) is 40.5 Å². The lowest BCUT2D eigenvalue weighted by Gasteiger charge is -2.62. The highest BCUT2D eigenvalue weighted by Crippen LogP contribution is 2.59. The zero-order valence-corrected chi connectivity index (χ0v) is 16.1. The molecule has 3 heteroatoms. The molecular weight excluding hydrogens is 322 g/mol. The van der Waals surface area contributed by atoms with Gasteiger partial charge in [0.1, 0.15) is 11.5 Å². The first-order chi connectivity index (χ1) is 12.5. The highest BCUT2D eigenvalue weighted by molar-refractivity contribution is 5.84. The minimum atomic E-state index is -0.0404. The summed E-state index contributed by atoms with van der Waals surface area (Å²) in [6, 6.07) is 6.52. The lowest BCUT2D eigenvalue weighted by atomic mass is 9.47. The van der Waals surface area contributed by atoms with Gasteiger partial charge in [-0.15, -0.1) is 0 Å². The van der Waals surface area contributed by atoms with E-state index in [1.807, 2.05) is 12.1 Å². The smallest absolute Gasteiger partial charge is 0.136 e. The second-order valence-corrected chi connectivity index (χ2v) is 9.49. The molecule has 2 saturated carbocycles. The van der Waals surface area contributed by atoms with Crippen LogP contribution in [0.15, 0.2) is 18.2 Å². The molecule has 0 spiro atoms. The number of benzene rings is 1. The van der Waals surface area contributed by atoms with E-state index < -0.39 is 0 Å². The molecule has 1 heterocycles. The Bertz CT molecular complexity index is 740. The Labute approximate surface area is 156 Å². The van der Waals surface area contributed by atoms with Crippen LogP contribution in [0.3, 0.4) is 0 Å². The van der Waals surface area contributed by atoms with Crippen LogP contribution >= 0.6 is 0 Å². The van der Waals surface area contributed by atoms with E-state index in [4.69, 9.17) is 0 Å². The van der Waals surface area contributed by atoms with Crippen molar-refractivity contribution in [3.8, 4) is 5.75 Å². The van der Waals surface area contributed by atoms with Gasteiger partial charge >= 0.3 is 0 Å². The number of carbonyl (C=O) groups is 1. The Hall–Kier alpha value is -1.35. The van der Waals surface area contributed by atoms with Gasteiger partial charge in [-0.3, -0.25) is 9.69 Å². The van der Waals surface area contributed by atoms with Crippen LogP contribution in [-0.4, -0.2) is 34.9 Å². The predicted molar refractivity (Wildman–Crippen MR) is 102 cm³/mol. The number of aromatic hydroxyl groups is 1. The molecule has 0 radical (unpaired) electrons. The number of hydrogen-bond donors (Lipinski definition) is 1. The SMILES string of the molecule is CC[C@@H]1[C@@H](C)C(=O)CC23CCN(CC4CC4)C(Cc4ccc(O)cc42)[C@@H]13. The Morgan fingerprint density at radius 1 is 1.31 bits per heavy atom. The fourth-order valence-corrected chi connectivity index (χ4v) is 6.76. The van der Waals surface area contributed by atoms with Crippen LogP contribution in [0.25, 0.3) is 0 Å². The maximum atomic E-state index is 13.0. The van der Waals surface area contributed by atoms with Crippen molar-refractivity contribution in [1.29, 1.82) is 0 Å². The van der Waals surface area contributed by atoms with E-state index in [9.17, 15) is 9.90 Å². The summed E-state index contributed by atoms with van der Waals surface area (Å²) in [6.07, 6.45) is 6.73. The van der Waals surface area contributed by atoms with Crippen LogP contribution < -0.4 is 0 Å². The van der Waals surface area contributed by atoms with E-state index in [2.05, 4.69) is 24.8 Å². The number of Topliss-reactive ketones (excluding diaryl/α,β-unsaturated/α-hetero) is 1. The number of fused-ring (bicyclic) bond motifs is 1. The Kier molecular flexibility index (Phi) is 3.76. The molecule has 1 aromatic rings. The fraction of sp³-hybridized carbons (Fsp3) is 0.696. The molecule has 4 aliphatic rings. The largest absolute Gasteiger partial charge is 0.508 e. The molecule has 5 atom stereocenters. The van der Waals surface area contributed by atoms with E-state index in [0.717, 1.165) is 31.7 Å². The summed E-state index contributed by atoms with van der Waals surface area (Å²) >= 11 is 0. The third-order valence-corrected chi connectivity index (χ3v) is 8.19. The summed E-state index contributed by atoms with van der Waals surface area (Å²) in [5, 5.41) is 10.2. The van der Waals surface area contributed by atoms with Gasteiger partial charge in [-0.2, -0.15) is 0 Å². The normalized spacial score (nSPS) is 39.4. The van der Waals surface area contributed by atoms with Crippen LogP contribution in [0.1, 0.15) is 57.1 Å². The monoisotopic (exact) mass is 353 g/mol. The lowest BCUT2D eigenvalue weighted by Crippen LogP contribution is -2.65. The Balaban J connectivity index is 1.65. The zero-order chi connectivity index (χ0) is 18.1. The van der Waals surface area contributed by atoms with Crippen molar-refractivity contribution in [3.05, 3.63) is 29.3 Å². The van der Waals surface area contributed by atoms with Gasteiger partial charge in [0.15, 0.2) is 0 Å². The summed E-state index contributed by atoms with van der Waals surface area (Å²) < 4.78 is 0. The van der Waals surface area contributed by atoms with E-state index in [0.29, 0.717) is 35.8 Å². The summed E-state index contributed by atoms with van der Waals surface area (Å²) in [5.41, 5.74) is 2.63. The number of phenols is 1. The molecule has 1 saturated heterocycles. The number of nitrogens with zero attached hydrogens (tertiary/aromatic N) is 1. The van der Waals surface area contributed by atoms with Crippen molar-refractivity contribution < 1.29 is 9.90 Å². The van der Waals surface area contributed by atoms with E-state index in [-0.39, 0.29) is 11.3 Å². The molecule has 26 heavy (non-hydrogen) atoms. The van der Waals surface area contributed by atoms with Crippen molar-refractivity contribution in [1.82, 2.24) is 4.90 Å². The third kappa shape index (κ3) is 2.32. The van der Waals surface area contributed by atoms with Crippen molar-refractivity contribution in [2.24, 2.45) is 23.7 Å². The molecule has 0 aromatic heterocycles. The molecule has 3 fully saturated rings. The number of carbonyl (C=O) groups excluding carboxylic acids is 1. The van der Waals surface area contributed by atoms with Crippen molar-refractivity contribution in [2.45, 2.75) is 63.8 Å². The fourth-order valence-electron chi connectivity index (χ4n) is 6.76. The molecule has 1 aliphatic heterocycles. The maximum Gasteiger partial charge on any atom is 0.136 e. The minimum Gasteiger partial charge on any atom is -0.508 e. The van der Waals surface area contributed by atoms with E-state index >= 15 is 0 Å². The first-order valence-corrected chi connectivity index (χ1v) is 10.6. The van der Waals surface area contributed by atoms with Gasteiger partial charge in [0.25, 0.3) is 0 Å². The molecule has 3 nitrogen and oxygen atoms in total. The molecule has 2 unspecified atom stereocenters. The summed E-state index contributed by atoms with van der Waals surface area (Å²) in [5.74, 6) is 2.92. The second-order valence-electron chi connectivity index (χ2n) is 9.49. The maximum absolute atomic E-state index is 13.0. The summed E-state index contributed by atoms with van der Waals surface area (Å²) in [6.45, 7) is 6.81. The average molecular weight is 354 g/mol. The van der Waals surface area contributed by atoms with Crippen molar-refractivity contribution in [2.75, 3.05) is 13.1 Å². The number of hydrogen-bond acceptors (Lipinski definition) is 3. The Morgan fingerprint density at radius 2 is 2.12 bits per heavy atom. The third-order valence-electron chi connectivity index (χ3n) is 8.19. The number of piperidine rings is 1. The molecule has 1 aromatic carbocycles.